The Morgan fingerprint density at radius 3 is 2.63 bits per heavy atom. The molecular weight excluding hydrogens is 245 g/mol. The first-order valence-electron chi connectivity index (χ1n) is 6.52. The molecular formula is C14H24FN3O. The highest BCUT2D eigenvalue weighted by Crippen LogP contribution is 2.19. The van der Waals surface area contributed by atoms with E-state index in [9.17, 15) is 4.39 Å². The van der Waals surface area contributed by atoms with Gasteiger partial charge < -0.3 is 15.4 Å². The van der Waals surface area contributed by atoms with Crippen LogP contribution in [0, 0.1) is 11.7 Å². The molecule has 0 fully saturated rings. The maximum absolute atomic E-state index is 12.8. The fraction of sp³-hybridized carbons (Fsp3) is 0.643. The number of aromatic nitrogens is 1. The second kappa shape index (κ2) is 7.53. The molecule has 1 heterocycles. The fourth-order valence-corrected chi connectivity index (χ4v) is 1.99. The first-order chi connectivity index (χ1) is 8.95. The van der Waals surface area contributed by atoms with E-state index in [0.717, 1.165) is 12.2 Å². The molecule has 0 aliphatic rings. The zero-order valence-corrected chi connectivity index (χ0v) is 12.1. The van der Waals surface area contributed by atoms with Crippen LogP contribution in [-0.4, -0.2) is 43.2 Å². The summed E-state index contributed by atoms with van der Waals surface area (Å²) in [5.74, 6) is -0.114. The number of nitrogens with zero attached hydrogens (tertiary/aromatic N) is 2. The summed E-state index contributed by atoms with van der Waals surface area (Å²) in [5, 5.41) is 0. The zero-order chi connectivity index (χ0) is 14.4. The van der Waals surface area contributed by atoms with Gasteiger partial charge in [0.1, 0.15) is 5.82 Å². The molecule has 5 heteroatoms. The van der Waals surface area contributed by atoms with Crippen molar-refractivity contribution in [3.8, 4) is 0 Å². The summed E-state index contributed by atoms with van der Waals surface area (Å²) >= 11 is 0. The average molecular weight is 269 g/mol. The van der Waals surface area contributed by atoms with Gasteiger partial charge in [-0.2, -0.15) is 0 Å². The number of methoxy groups -OCH3 is 1. The molecule has 0 saturated heterocycles. The van der Waals surface area contributed by atoms with E-state index in [1.165, 1.54) is 12.3 Å². The third-order valence-corrected chi connectivity index (χ3v) is 3.44. The van der Waals surface area contributed by atoms with E-state index >= 15 is 0 Å². The minimum absolute atomic E-state index is 0.196. The number of hydrogen-bond donors (Lipinski definition) is 1. The van der Waals surface area contributed by atoms with Crippen LogP contribution in [0.5, 0.6) is 0 Å². The number of likely N-dealkylation sites (N-methyl/N-ethyl adjacent to an activating group) is 1. The highest BCUT2D eigenvalue weighted by Gasteiger charge is 2.20. The molecule has 3 unspecified atom stereocenters. The first kappa shape index (κ1) is 16.0. The third kappa shape index (κ3) is 4.86. The van der Waals surface area contributed by atoms with Crippen LogP contribution in [0.15, 0.2) is 18.3 Å². The lowest BCUT2D eigenvalue weighted by Crippen LogP contribution is -2.38. The molecule has 3 atom stereocenters. The summed E-state index contributed by atoms with van der Waals surface area (Å²) in [6.07, 6.45) is 1.21. The second-order valence-electron chi connectivity index (χ2n) is 5.15. The van der Waals surface area contributed by atoms with Gasteiger partial charge in [-0.05, 0) is 32.0 Å². The molecule has 0 aliphatic carbocycles. The Balaban J connectivity index is 2.57. The number of rotatable bonds is 7. The Labute approximate surface area is 114 Å². The summed E-state index contributed by atoms with van der Waals surface area (Å²) in [7, 11) is 3.74. The lowest BCUT2D eigenvalue weighted by Gasteiger charge is -2.29. The van der Waals surface area contributed by atoms with Crippen LogP contribution >= 0.6 is 0 Å². The highest BCUT2D eigenvalue weighted by atomic mass is 19.1. The van der Waals surface area contributed by atoms with Crippen molar-refractivity contribution in [2.75, 3.05) is 27.3 Å². The molecule has 2 N–H and O–H groups in total. The van der Waals surface area contributed by atoms with Crippen LogP contribution in [0.1, 0.15) is 25.6 Å². The molecule has 0 spiro atoms. The van der Waals surface area contributed by atoms with Crippen molar-refractivity contribution in [1.82, 2.24) is 9.88 Å². The minimum Gasteiger partial charge on any atom is -0.383 e. The summed E-state index contributed by atoms with van der Waals surface area (Å²) in [6.45, 7) is 5.71. The Morgan fingerprint density at radius 2 is 2.11 bits per heavy atom. The van der Waals surface area contributed by atoms with Gasteiger partial charge in [-0.3, -0.25) is 4.98 Å². The maximum Gasteiger partial charge on any atom is 0.141 e. The van der Waals surface area contributed by atoms with Crippen LogP contribution < -0.4 is 5.73 Å². The molecule has 1 aromatic heterocycles. The van der Waals surface area contributed by atoms with E-state index in [1.807, 2.05) is 7.05 Å². The molecule has 1 rings (SSSR count). The van der Waals surface area contributed by atoms with Crippen molar-refractivity contribution in [2.24, 2.45) is 11.7 Å². The molecule has 4 nitrogen and oxygen atoms in total. The predicted molar refractivity (Wildman–Crippen MR) is 74.3 cm³/mol. The van der Waals surface area contributed by atoms with Gasteiger partial charge in [-0.1, -0.05) is 6.92 Å². The van der Waals surface area contributed by atoms with E-state index in [-0.39, 0.29) is 17.8 Å². The van der Waals surface area contributed by atoms with E-state index in [4.69, 9.17) is 10.5 Å². The minimum atomic E-state index is -0.338. The number of nitrogens with two attached hydrogens (primary N) is 1. The van der Waals surface area contributed by atoms with E-state index in [2.05, 4.69) is 23.7 Å². The molecule has 0 radical (unpaired) electrons. The Hall–Kier alpha value is -1.04. The monoisotopic (exact) mass is 269 g/mol. The molecule has 0 bridgehead atoms. The summed E-state index contributed by atoms with van der Waals surface area (Å²) in [6, 6.07) is 3.18. The molecule has 1 aromatic rings. The van der Waals surface area contributed by atoms with Gasteiger partial charge in [0, 0.05) is 19.7 Å². The van der Waals surface area contributed by atoms with Crippen molar-refractivity contribution < 1.29 is 9.13 Å². The van der Waals surface area contributed by atoms with E-state index < -0.39 is 0 Å². The second-order valence-corrected chi connectivity index (χ2v) is 5.15. The molecule has 108 valence electrons. The molecule has 19 heavy (non-hydrogen) atoms. The van der Waals surface area contributed by atoms with Gasteiger partial charge in [0.25, 0.3) is 0 Å². The molecule has 0 aliphatic heterocycles. The van der Waals surface area contributed by atoms with Gasteiger partial charge in [0.05, 0.1) is 24.5 Å². The Bertz CT molecular complexity index is 371. The van der Waals surface area contributed by atoms with Crippen LogP contribution in [0.2, 0.25) is 0 Å². The van der Waals surface area contributed by atoms with Crippen molar-refractivity contribution in [2.45, 2.75) is 25.9 Å². The molecule has 0 saturated carbocycles. The quantitative estimate of drug-likeness (QED) is 0.820. The van der Waals surface area contributed by atoms with Gasteiger partial charge in [-0.15, -0.1) is 0 Å². The van der Waals surface area contributed by atoms with E-state index in [1.54, 1.807) is 13.2 Å². The maximum atomic E-state index is 12.8. The molecule has 0 aromatic carbocycles. The van der Waals surface area contributed by atoms with Crippen molar-refractivity contribution in [3.05, 3.63) is 29.8 Å². The topological polar surface area (TPSA) is 51.4 Å². The fourth-order valence-electron chi connectivity index (χ4n) is 1.99. The number of hydrogen-bond acceptors (Lipinski definition) is 4. The largest absolute Gasteiger partial charge is 0.383 e. The Kier molecular flexibility index (Phi) is 6.34. The lowest BCUT2D eigenvalue weighted by molar-refractivity contribution is 0.104. The average Bonchev–Trinajstić information content (AvgIpc) is 2.38. The van der Waals surface area contributed by atoms with Crippen LogP contribution in [0.3, 0.4) is 0 Å². The van der Waals surface area contributed by atoms with Gasteiger partial charge in [-0.25, -0.2) is 4.39 Å². The van der Waals surface area contributed by atoms with Crippen molar-refractivity contribution in [3.63, 3.8) is 0 Å². The standard InChI is InChI=1S/C14H24FN3O/c1-10(8-18(3)11(2)9-19-4)14(16)13-6-5-12(15)7-17-13/h5-7,10-11,14H,8-9,16H2,1-4H3. The predicted octanol–water partition coefficient (Wildman–Crippen LogP) is 1.82. The summed E-state index contributed by atoms with van der Waals surface area (Å²) < 4.78 is 18.0. The van der Waals surface area contributed by atoms with Crippen molar-refractivity contribution >= 4 is 0 Å². The molecule has 0 amide bonds. The number of pyridine rings is 1. The van der Waals surface area contributed by atoms with Gasteiger partial charge in [0.2, 0.25) is 0 Å². The normalized spacial score (nSPS) is 16.4. The van der Waals surface area contributed by atoms with Gasteiger partial charge in [0.15, 0.2) is 0 Å². The Morgan fingerprint density at radius 1 is 1.42 bits per heavy atom. The number of halogens is 1. The zero-order valence-electron chi connectivity index (χ0n) is 12.1. The summed E-state index contributed by atoms with van der Waals surface area (Å²) in [4.78, 5) is 6.25. The van der Waals surface area contributed by atoms with Gasteiger partial charge >= 0.3 is 0 Å². The third-order valence-electron chi connectivity index (χ3n) is 3.44. The first-order valence-corrected chi connectivity index (χ1v) is 6.52. The summed E-state index contributed by atoms with van der Waals surface area (Å²) in [5.41, 5.74) is 6.89. The number of ether oxygens (including phenoxy) is 1. The smallest absolute Gasteiger partial charge is 0.141 e. The highest BCUT2D eigenvalue weighted by molar-refractivity contribution is 5.10. The van der Waals surface area contributed by atoms with Crippen LogP contribution in [0.25, 0.3) is 0 Å². The van der Waals surface area contributed by atoms with Crippen LogP contribution in [0.4, 0.5) is 4.39 Å². The van der Waals surface area contributed by atoms with Crippen molar-refractivity contribution in [1.29, 1.82) is 0 Å². The lowest BCUT2D eigenvalue weighted by atomic mass is 9.98. The van der Waals surface area contributed by atoms with Crippen LogP contribution in [-0.2, 0) is 4.74 Å². The SMILES string of the molecule is COCC(C)N(C)CC(C)C(N)c1ccc(F)cn1. The van der Waals surface area contributed by atoms with E-state index in [0.29, 0.717) is 12.6 Å².